The average Bonchev–Trinajstić information content (AvgIpc) is 2.07. The second-order valence-corrected chi connectivity index (χ2v) is 2.81. The van der Waals surface area contributed by atoms with Gasteiger partial charge in [0.1, 0.15) is 0 Å². The first-order valence-electron chi connectivity index (χ1n) is 3.76. The monoisotopic (exact) mass is 161 g/mol. The molecule has 1 aliphatic rings. The highest BCUT2D eigenvalue weighted by atomic mass is 16.2. The summed E-state index contributed by atoms with van der Waals surface area (Å²) < 4.78 is 0. The second-order valence-electron chi connectivity index (χ2n) is 2.81. The van der Waals surface area contributed by atoms with E-state index in [-0.39, 0.29) is 24.4 Å². The zero-order valence-corrected chi connectivity index (χ0v) is 6.41. The van der Waals surface area contributed by atoms with Gasteiger partial charge in [0.2, 0.25) is 11.6 Å². The molecular weight excluding hydrogens is 154 g/mol. The summed E-state index contributed by atoms with van der Waals surface area (Å²) in [6.07, 6.45) is 2.04. The lowest BCUT2D eigenvalue weighted by atomic mass is 9.94. The molecule has 0 aliphatic heterocycles. The Hall–Kier alpha value is -1.51. The zero-order valence-electron chi connectivity index (χ0n) is 6.41. The van der Waals surface area contributed by atoms with Crippen LogP contribution in [-0.4, -0.2) is 16.6 Å². The Balaban J connectivity index is 2.47. The highest BCUT2D eigenvalue weighted by Gasteiger charge is 2.23. The summed E-state index contributed by atoms with van der Waals surface area (Å²) in [4.78, 5) is 26.0. The second kappa shape index (κ2) is 2.52. The molecule has 1 aromatic rings. The summed E-state index contributed by atoms with van der Waals surface area (Å²) in [6, 6.07) is 3.62. The molecule has 3 nitrogen and oxygen atoms in total. The van der Waals surface area contributed by atoms with Crippen molar-refractivity contribution in [2.75, 3.05) is 0 Å². The van der Waals surface area contributed by atoms with Crippen LogP contribution in [0, 0.1) is 0 Å². The van der Waals surface area contributed by atoms with E-state index in [0.29, 0.717) is 0 Å². The van der Waals surface area contributed by atoms with Crippen molar-refractivity contribution in [3.63, 3.8) is 0 Å². The Kier molecular flexibility index (Phi) is 1.50. The normalized spacial score (nSPS) is 16.0. The van der Waals surface area contributed by atoms with Gasteiger partial charge in [0.25, 0.3) is 0 Å². The molecule has 0 saturated heterocycles. The molecule has 1 heterocycles. The van der Waals surface area contributed by atoms with Crippen LogP contribution in [0.3, 0.4) is 0 Å². The van der Waals surface area contributed by atoms with Gasteiger partial charge in [0.05, 0.1) is 12.1 Å². The summed E-state index contributed by atoms with van der Waals surface area (Å²) >= 11 is 0. The lowest BCUT2D eigenvalue weighted by Gasteiger charge is -2.11. The van der Waals surface area contributed by atoms with Gasteiger partial charge in [0, 0.05) is 12.6 Å². The number of ketones is 2. The lowest BCUT2D eigenvalue weighted by Crippen LogP contribution is -2.25. The molecule has 1 aromatic heterocycles. The fourth-order valence-corrected chi connectivity index (χ4v) is 1.31. The zero-order chi connectivity index (χ0) is 8.55. The van der Waals surface area contributed by atoms with Crippen LogP contribution in [0.25, 0.3) is 0 Å². The Morgan fingerprint density at radius 2 is 1.92 bits per heavy atom. The SMILES string of the molecule is O=C1Cc2cccnc2CC1=O. The van der Waals surface area contributed by atoms with E-state index in [9.17, 15) is 9.59 Å². The van der Waals surface area contributed by atoms with Crippen molar-refractivity contribution in [3.8, 4) is 0 Å². The molecule has 1 aliphatic carbocycles. The highest BCUT2D eigenvalue weighted by molar-refractivity contribution is 6.39. The van der Waals surface area contributed by atoms with Crippen molar-refractivity contribution in [3.05, 3.63) is 29.6 Å². The van der Waals surface area contributed by atoms with Gasteiger partial charge < -0.3 is 0 Å². The maximum Gasteiger partial charge on any atom is 0.204 e. The van der Waals surface area contributed by atoms with Gasteiger partial charge in [0.15, 0.2) is 0 Å². The van der Waals surface area contributed by atoms with Crippen LogP contribution in [0.5, 0.6) is 0 Å². The van der Waals surface area contributed by atoms with Gasteiger partial charge in [-0.1, -0.05) is 6.07 Å². The Labute approximate surface area is 69.4 Å². The van der Waals surface area contributed by atoms with Gasteiger partial charge in [-0.25, -0.2) is 0 Å². The molecule has 0 amide bonds. The van der Waals surface area contributed by atoms with Gasteiger partial charge in [-0.15, -0.1) is 0 Å². The molecule has 0 unspecified atom stereocenters. The number of pyridine rings is 1. The van der Waals surface area contributed by atoms with Crippen LogP contribution in [0.1, 0.15) is 11.3 Å². The molecule has 12 heavy (non-hydrogen) atoms. The van der Waals surface area contributed by atoms with E-state index in [1.165, 1.54) is 0 Å². The summed E-state index contributed by atoms with van der Waals surface area (Å²) in [6.45, 7) is 0. The van der Waals surface area contributed by atoms with Crippen LogP contribution in [0.15, 0.2) is 18.3 Å². The molecule has 0 aromatic carbocycles. The van der Waals surface area contributed by atoms with Crippen LogP contribution in [0.2, 0.25) is 0 Å². The topological polar surface area (TPSA) is 47.0 Å². The van der Waals surface area contributed by atoms with Gasteiger partial charge in [-0.05, 0) is 11.6 Å². The van der Waals surface area contributed by atoms with Crippen molar-refractivity contribution < 1.29 is 9.59 Å². The maximum atomic E-state index is 11.0. The van der Waals surface area contributed by atoms with Crippen LogP contribution in [-0.2, 0) is 22.4 Å². The van der Waals surface area contributed by atoms with E-state index >= 15 is 0 Å². The van der Waals surface area contributed by atoms with Gasteiger partial charge in [-0.2, -0.15) is 0 Å². The molecule has 0 N–H and O–H groups in total. The molecule has 0 radical (unpaired) electrons. The predicted molar refractivity (Wildman–Crippen MR) is 41.7 cm³/mol. The fourth-order valence-electron chi connectivity index (χ4n) is 1.31. The quantitative estimate of drug-likeness (QED) is 0.515. The molecule has 0 fully saturated rings. The van der Waals surface area contributed by atoms with Crippen LogP contribution in [0.4, 0.5) is 0 Å². The molecule has 0 bridgehead atoms. The minimum Gasteiger partial charge on any atom is -0.291 e. The van der Waals surface area contributed by atoms with E-state index in [0.717, 1.165) is 11.3 Å². The van der Waals surface area contributed by atoms with Crippen LogP contribution < -0.4 is 0 Å². The minimum absolute atomic E-state index is 0.176. The van der Waals surface area contributed by atoms with Gasteiger partial charge >= 0.3 is 0 Å². The Bertz CT molecular complexity index is 322. The summed E-state index contributed by atoms with van der Waals surface area (Å²) in [5.74, 6) is -0.614. The molecule has 0 saturated carbocycles. The number of carbonyl (C=O) groups excluding carboxylic acids is 2. The number of Topliss-reactive ketones (excluding diaryl/α,β-unsaturated/α-hetero) is 2. The van der Waals surface area contributed by atoms with Crippen molar-refractivity contribution in [1.82, 2.24) is 4.98 Å². The number of hydrogen-bond acceptors (Lipinski definition) is 3. The minimum atomic E-state index is -0.318. The Morgan fingerprint density at radius 1 is 1.17 bits per heavy atom. The van der Waals surface area contributed by atoms with Crippen molar-refractivity contribution >= 4 is 11.6 Å². The molecular formula is C9H7NO2. The molecule has 0 atom stereocenters. The highest BCUT2D eigenvalue weighted by Crippen LogP contribution is 2.13. The van der Waals surface area contributed by atoms with Gasteiger partial charge in [-0.3, -0.25) is 14.6 Å². The smallest absolute Gasteiger partial charge is 0.204 e. The Morgan fingerprint density at radius 3 is 2.75 bits per heavy atom. The largest absolute Gasteiger partial charge is 0.291 e. The van der Waals surface area contributed by atoms with Crippen molar-refractivity contribution in [2.24, 2.45) is 0 Å². The predicted octanol–water partition coefficient (Wildman–Crippen LogP) is 0.318. The summed E-state index contributed by atoms with van der Waals surface area (Å²) in [5.41, 5.74) is 1.64. The number of nitrogens with zero attached hydrogens (tertiary/aromatic N) is 1. The molecule has 60 valence electrons. The lowest BCUT2D eigenvalue weighted by molar-refractivity contribution is -0.136. The fraction of sp³-hybridized carbons (Fsp3) is 0.222. The molecule has 0 spiro atoms. The number of aromatic nitrogens is 1. The standard InChI is InChI=1S/C9H7NO2/c11-8-4-6-2-1-3-10-7(6)5-9(8)12/h1-3H,4-5H2. The van der Waals surface area contributed by atoms with E-state index < -0.39 is 0 Å². The van der Waals surface area contributed by atoms with E-state index in [1.54, 1.807) is 12.3 Å². The average molecular weight is 161 g/mol. The maximum absolute atomic E-state index is 11.0. The third-order valence-electron chi connectivity index (χ3n) is 1.97. The molecule has 2 rings (SSSR count). The first kappa shape index (κ1) is 7.16. The van der Waals surface area contributed by atoms with E-state index in [2.05, 4.69) is 4.98 Å². The third kappa shape index (κ3) is 1.03. The number of rotatable bonds is 0. The number of fused-ring (bicyclic) bond motifs is 1. The van der Waals surface area contributed by atoms with E-state index in [1.807, 2.05) is 6.07 Å². The first-order valence-corrected chi connectivity index (χ1v) is 3.76. The number of carbonyl (C=O) groups is 2. The first-order chi connectivity index (χ1) is 5.77. The third-order valence-corrected chi connectivity index (χ3v) is 1.97. The molecule has 3 heteroatoms. The van der Waals surface area contributed by atoms with Crippen molar-refractivity contribution in [2.45, 2.75) is 12.8 Å². The summed E-state index contributed by atoms with van der Waals surface area (Å²) in [7, 11) is 0. The van der Waals surface area contributed by atoms with E-state index in [4.69, 9.17) is 0 Å². The van der Waals surface area contributed by atoms with Crippen molar-refractivity contribution in [1.29, 1.82) is 0 Å². The van der Waals surface area contributed by atoms with Crippen LogP contribution >= 0.6 is 0 Å². The summed E-state index contributed by atoms with van der Waals surface area (Å²) in [5, 5.41) is 0. The number of hydrogen-bond donors (Lipinski definition) is 0.